The van der Waals surface area contributed by atoms with Gasteiger partial charge in [-0.3, -0.25) is 10.1 Å². The zero-order chi connectivity index (χ0) is 11.0. The predicted octanol–water partition coefficient (Wildman–Crippen LogP) is 2.15. The number of amides is 1. The molecule has 1 aromatic heterocycles. The fourth-order valence-electron chi connectivity index (χ4n) is 1.06. The van der Waals surface area contributed by atoms with Crippen molar-refractivity contribution in [1.82, 2.24) is 10.6 Å². The van der Waals surface area contributed by atoms with Crippen LogP contribution in [0.25, 0.3) is 6.08 Å². The normalized spacial score (nSPS) is 18.1. The quantitative estimate of drug-likeness (QED) is 0.601. The molecule has 0 saturated carbocycles. The van der Waals surface area contributed by atoms with E-state index in [1.165, 1.54) is 0 Å². The third-order valence-electron chi connectivity index (χ3n) is 1.67. The topological polar surface area (TPSA) is 54.3 Å². The fraction of sp³-hybridized carbons (Fsp3) is 0. The minimum absolute atomic E-state index is 0.261. The Kier molecular flexibility index (Phi) is 2.94. The van der Waals surface area contributed by atoms with Gasteiger partial charge in [0.1, 0.15) is 11.5 Å². The lowest BCUT2D eigenvalue weighted by Gasteiger charge is -1.91. The first-order valence-electron chi connectivity index (χ1n) is 3.85. The van der Waals surface area contributed by atoms with Gasteiger partial charge in [0.2, 0.25) is 0 Å². The molecule has 0 aromatic carbocycles. The van der Waals surface area contributed by atoms with Gasteiger partial charge in [-0.1, -0.05) is 0 Å². The van der Waals surface area contributed by atoms with Crippen LogP contribution in [0.5, 0.6) is 0 Å². The third-order valence-corrected chi connectivity index (χ3v) is 3.58. The minimum Gasteiger partial charge on any atom is -0.449 e. The molecule has 1 amide bonds. The van der Waals surface area contributed by atoms with Crippen LogP contribution >= 0.6 is 44.1 Å². The van der Waals surface area contributed by atoms with E-state index in [0.717, 1.165) is 4.47 Å². The first kappa shape index (κ1) is 10.8. The summed E-state index contributed by atoms with van der Waals surface area (Å²) in [5.41, 5.74) is 0.369. The molecule has 0 spiro atoms. The van der Waals surface area contributed by atoms with Crippen molar-refractivity contribution in [1.29, 1.82) is 0 Å². The van der Waals surface area contributed by atoms with E-state index >= 15 is 0 Å². The van der Waals surface area contributed by atoms with E-state index in [1.807, 2.05) is 0 Å². The van der Waals surface area contributed by atoms with E-state index in [9.17, 15) is 4.79 Å². The number of carbonyl (C=O) groups is 1. The van der Waals surface area contributed by atoms with Crippen LogP contribution in [0, 0.1) is 0 Å². The molecule has 2 rings (SSSR count). The predicted molar refractivity (Wildman–Crippen MR) is 66.0 cm³/mol. The second kappa shape index (κ2) is 4.07. The largest absolute Gasteiger partial charge is 0.449 e. The summed E-state index contributed by atoms with van der Waals surface area (Å²) in [6.45, 7) is 0. The molecule has 1 aromatic rings. The Hall–Kier alpha value is -0.660. The number of thiocarbonyl (C=S) groups is 1. The Balaban J connectivity index is 2.30. The highest BCUT2D eigenvalue weighted by atomic mass is 79.9. The summed E-state index contributed by atoms with van der Waals surface area (Å²) in [4.78, 5) is 11.3. The first-order valence-corrected chi connectivity index (χ1v) is 5.84. The molecule has 1 aliphatic rings. The second-order valence-electron chi connectivity index (χ2n) is 2.74. The Morgan fingerprint density at radius 2 is 2.13 bits per heavy atom. The third kappa shape index (κ3) is 2.30. The van der Waals surface area contributed by atoms with Gasteiger partial charge in [-0.15, -0.1) is 0 Å². The van der Waals surface area contributed by atoms with Crippen molar-refractivity contribution < 1.29 is 9.21 Å². The van der Waals surface area contributed by atoms with Crippen LogP contribution in [0.2, 0.25) is 0 Å². The van der Waals surface area contributed by atoms with Crippen LogP contribution in [0.3, 0.4) is 0 Å². The van der Waals surface area contributed by atoms with Gasteiger partial charge in [-0.05, 0) is 50.1 Å². The van der Waals surface area contributed by atoms with Gasteiger partial charge in [-0.2, -0.15) is 0 Å². The van der Waals surface area contributed by atoms with E-state index in [0.29, 0.717) is 21.2 Å². The number of hydrogen-bond donors (Lipinski definition) is 2. The molecule has 0 bridgehead atoms. The summed E-state index contributed by atoms with van der Waals surface area (Å²) in [6.07, 6.45) is 1.57. The van der Waals surface area contributed by atoms with E-state index in [2.05, 4.69) is 42.5 Å². The molecule has 0 aliphatic carbocycles. The lowest BCUT2D eigenvalue weighted by atomic mass is 10.3. The lowest BCUT2D eigenvalue weighted by molar-refractivity contribution is -0.115. The maximum absolute atomic E-state index is 11.3. The molecule has 2 heterocycles. The zero-order valence-electron chi connectivity index (χ0n) is 7.14. The summed E-state index contributed by atoms with van der Waals surface area (Å²) in [7, 11) is 0. The van der Waals surface area contributed by atoms with E-state index in [4.69, 9.17) is 16.6 Å². The van der Waals surface area contributed by atoms with Crippen molar-refractivity contribution >= 4 is 61.2 Å². The van der Waals surface area contributed by atoms with Crippen LogP contribution in [-0.2, 0) is 4.79 Å². The van der Waals surface area contributed by atoms with Gasteiger partial charge >= 0.3 is 0 Å². The van der Waals surface area contributed by atoms with Crippen LogP contribution in [0.15, 0.2) is 25.3 Å². The maximum Gasteiger partial charge on any atom is 0.274 e. The molecule has 78 valence electrons. The van der Waals surface area contributed by atoms with Gasteiger partial charge < -0.3 is 9.73 Å². The molecule has 7 heteroatoms. The molecular formula is C8H4Br2N2O2S. The van der Waals surface area contributed by atoms with E-state index < -0.39 is 0 Å². The number of rotatable bonds is 1. The van der Waals surface area contributed by atoms with Crippen molar-refractivity contribution in [3.8, 4) is 0 Å². The Bertz CT molecular complexity index is 461. The van der Waals surface area contributed by atoms with Crippen molar-refractivity contribution in [2.45, 2.75) is 0 Å². The highest BCUT2D eigenvalue weighted by Gasteiger charge is 2.20. The average molecular weight is 352 g/mol. The van der Waals surface area contributed by atoms with Gasteiger partial charge in [-0.25, -0.2) is 0 Å². The fourth-order valence-corrected chi connectivity index (χ4v) is 1.87. The standard InChI is InChI=1S/C8H4Br2N2O2S/c9-4-1-3(14-6(4)10)2-5-7(13)12-8(15)11-5/h1-2H,(H2,11,12,13,15)/b5-2+. The molecule has 4 nitrogen and oxygen atoms in total. The molecule has 0 atom stereocenters. The number of hydrogen-bond acceptors (Lipinski definition) is 3. The Morgan fingerprint density at radius 1 is 1.40 bits per heavy atom. The number of furan rings is 1. The Labute approximate surface area is 107 Å². The summed E-state index contributed by atoms with van der Waals surface area (Å²) in [5.74, 6) is 0.291. The zero-order valence-corrected chi connectivity index (χ0v) is 11.1. The van der Waals surface area contributed by atoms with Crippen LogP contribution < -0.4 is 10.6 Å². The van der Waals surface area contributed by atoms with Crippen molar-refractivity contribution in [2.75, 3.05) is 0 Å². The average Bonchev–Trinajstić information content (AvgIpc) is 2.59. The highest BCUT2D eigenvalue weighted by Crippen LogP contribution is 2.27. The Morgan fingerprint density at radius 3 is 2.60 bits per heavy atom. The molecule has 0 unspecified atom stereocenters. The van der Waals surface area contributed by atoms with Gasteiger partial charge in [0.25, 0.3) is 5.91 Å². The van der Waals surface area contributed by atoms with Crippen molar-refractivity contribution in [2.24, 2.45) is 0 Å². The van der Waals surface area contributed by atoms with Gasteiger partial charge in [0.05, 0.1) is 4.47 Å². The molecule has 0 radical (unpaired) electrons. The monoisotopic (exact) mass is 350 g/mol. The molecule has 1 saturated heterocycles. The molecule has 2 N–H and O–H groups in total. The summed E-state index contributed by atoms with van der Waals surface area (Å²) in [6, 6.07) is 1.74. The first-order chi connectivity index (χ1) is 7.06. The van der Waals surface area contributed by atoms with E-state index in [1.54, 1.807) is 12.1 Å². The molecular weight excluding hydrogens is 348 g/mol. The highest BCUT2D eigenvalue weighted by molar-refractivity contribution is 9.13. The van der Waals surface area contributed by atoms with Crippen molar-refractivity contribution in [3.63, 3.8) is 0 Å². The van der Waals surface area contributed by atoms with Gasteiger partial charge in [0.15, 0.2) is 9.78 Å². The lowest BCUT2D eigenvalue weighted by Crippen LogP contribution is -2.21. The summed E-state index contributed by atoms with van der Waals surface area (Å²) >= 11 is 11.3. The summed E-state index contributed by atoms with van der Waals surface area (Å²) in [5, 5.41) is 5.48. The molecule has 1 fully saturated rings. The number of carbonyl (C=O) groups excluding carboxylic acids is 1. The second-order valence-corrected chi connectivity index (χ2v) is 4.72. The van der Waals surface area contributed by atoms with Crippen molar-refractivity contribution in [3.05, 3.63) is 26.7 Å². The molecule has 15 heavy (non-hydrogen) atoms. The van der Waals surface area contributed by atoms with Gasteiger partial charge in [0, 0.05) is 6.08 Å². The van der Waals surface area contributed by atoms with Crippen LogP contribution in [0.4, 0.5) is 0 Å². The maximum atomic E-state index is 11.3. The number of halogens is 2. The van der Waals surface area contributed by atoms with E-state index in [-0.39, 0.29) is 5.91 Å². The summed E-state index contributed by atoms with van der Waals surface area (Å²) < 4.78 is 6.66. The molecule has 1 aliphatic heterocycles. The number of nitrogens with one attached hydrogen (secondary N) is 2. The van der Waals surface area contributed by atoms with Crippen LogP contribution in [-0.4, -0.2) is 11.0 Å². The minimum atomic E-state index is -0.261. The SMILES string of the molecule is O=C1NC(=S)N/C1=C/c1cc(Br)c(Br)o1. The smallest absolute Gasteiger partial charge is 0.274 e. The van der Waals surface area contributed by atoms with Crippen LogP contribution in [0.1, 0.15) is 5.76 Å².